The monoisotopic (exact) mass is 540 g/mol. The first-order valence-electron chi connectivity index (χ1n) is 11.6. The van der Waals surface area contributed by atoms with Gasteiger partial charge < -0.3 is 4.74 Å². The Balaban J connectivity index is 1.40. The number of esters is 1. The lowest BCUT2D eigenvalue weighted by molar-refractivity contribution is -0.385. The zero-order valence-corrected chi connectivity index (χ0v) is 20.7. The number of amides is 2. The number of nitro benzene ring substituents is 1. The number of Topliss-reactive ketones (excluding diaryl/α,β-unsaturated/α-hetero) is 1. The maximum Gasteiger partial charge on any atom is 0.339 e. The van der Waals surface area contributed by atoms with Crippen LogP contribution in [0.2, 0.25) is 5.02 Å². The van der Waals surface area contributed by atoms with Crippen molar-refractivity contribution in [2.75, 3.05) is 4.90 Å². The fourth-order valence-corrected chi connectivity index (χ4v) is 4.37. The number of anilines is 1. The zero-order chi connectivity index (χ0) is 27.7. The molecule has 0 spiro atoms. The van der Waals surface area contributed by atoms with Crippen LogP contribution in [-0.2, 0) is 4.74 Å². The van der Waals surface area contributed by atoms with Crippen molar-refractivity contribution >= 4 is 46.5 Å². The molecule has 4 aromatic carbocycles. The molecule has 0 unspecified atom stereocenters. The van der Waals surface area contributed by atoms with E-state index < -0.39 is 40.3 Å². The van der Waals surface area contributed by atoms with E-state index in [-0.39, 0.29) is 22.4 Å². The summed E-state index contributed by atoms with van der Waals surface area (Å²) in [5, 5.41) is 11.8. The molecule has 0 fully saturated rings. The summed E-state index contributed by atoms with van der Waals surface area (Å²) >= 11 is 5.98. The molecule has 0 bridgehead atoms. The van der Waals surface area contributed by atoms with Gasteiger partial charge in [-0.15, -0.1) is 0 Å². The van der Waals surface area contributed by atoms with Crippen LogP contribution in [0.4, 0.5) is 11.4 Å². The molecular formula is C29H17ClN2O7. The normalized spacial score (nSPS) is 13.1. The molecule has 0 N–H and O–H groups in total. The summed E-state index contributed by atoms with van der Waals surface area (Å²) in [5.41, 5.74) is 0.1000. The second-order valence-electron chi connectivity index (χ2n) is 8.52. The van der Waals surface area contributed by atoms with Gasteiger partial charge in [-0.1, -0.05) is 60.1 Å². The van der Waals surface area contributed by atoms with Crippen LogP contribution in [0, 0.1) is 10.1 Å². The Kier molecular flexibility index (Phi) is 6.74. The van der Waals surface area contributed by atoms with Crippen LogP contribution in [0.15, 0.2) is 97.1 Å². The summed E-state index contributed by atoms with van der Waals surface area (Å²) in [6, 6.07) is 23.9. The van der Waals surface area contributed by atoms with Crippen LogP contribution in [0.3, 0.4) is 0 Å². The number of benzene rings is 4. The summed E-state index contributed by atoms with van der Waals surface area (Å²) in [6.07, 6.45) is -1.26. The topological polar surface area (TPSA) is 124 Å². The third kappa shape index (κ3) is 4.78. The summed E-state index contributed by atoms with van der Waals surface area (Å²) in [5.74, 6) is -2.81. The van der Waals surface area contributed by atoms with Gasteiger partial charge in [0.15, 0.2) is 6.10 Å². The number of fused-ring (bicyclic) bond motifs is 1. The van der Waals surface area contributed by atoms with Gasteiger partial charge in [-0.3, -0.25) is 24.5 Å². The van der Waals surface area contributed by atoms with E-state index in [1.54, 1.807) is 54.6 Å². The highest BCUT2D eigenvalue weighted by molar-refractivity contribution is 6.35. The number of halogens is 1. The van der Waals surface area contributed by atoms with Crippen molar-refractivity contribution in [1.29, 1.82) is 0 Å². The van der Waals surface area contributed by atoms with E-state index in [2.05, 4.69) is 0 Å². The van der Waals surface area contributed by atoms with E-state index in [1.807, 2.05) is 0 Å². The van der Waals surface area contributed by atoms with Crippen LogP contribution >= 0.6 is 11.6 Å². The molecule has 1 aliphatic heterocycles. The van der Waals surface area contributed by atoms with Crippen LogP contribution in [0.25, 0.3) is 0 Å². The number of ether oxygens (including phenoxy) is 1. The van der Waals surface area contributed by atoms with Crippen LogP contribution < -0.4 is 4.90 Å². The number of carbonyl (C=O) groups excluding carboxylic acids is 4. The van der Waals surface area contributed by atoms with Crippen LogP contribution in [-0.4, -0.2) is 28.5 Å². The molecule has 1 heterocycles. The maximum atomic E-state index is 13.2. The van der Waals surface area contributed by atoms with E-state index in [1.165, 1.54) is 36.4 Å². The van der Waals surface area contributed by atoms with Crippen molar-refractivity contribution in [3.63, 3.8) is 0 Å². The lowest BCUT2D eigenvalue weighted by Crippen LogP contribution is -2.29. The smallest absolute Gasteiger partial charge is 0.339 e. The molecule has 10 heteroatoms. The predicted octanol–water partition coefficient (Wildman–Crippen LogP) is 5.83. The number of ketones is 1. The average molecular weight is 541 g/mol. The van der Waals surface area contributed by atoms with Crippen molar-refractivity contribution < 1.29 is 28.8 Å². The van der Waals surface area contributed by atoms with E-state index in [0.717, 1.165) is 11.0 Å². The van der Waals surface area contributed by atoms with Gasteiger partial charge >= 0.3 is 5.97 Å². The minimum absolute atomic E-state index is 0.0566. The third-order valence-electron chi connectivity index (χ3n) is 6.14. The SMILES string of the molecule is O=C(O[C@H](C(=O)c1ccccc1)c1ccc(Cl)cc1)c1ccc(N2C(=O)c3cccc([N+](=O)[O-])c3C2=O)cc1. The Morgan fingerprint density at radius 3 is 2.10 bits per heavy atom. The van der Waals surface area contributed by atoms with Gasteiger partial charge in [0, 0.05) is 22.2 Å². The first-order chi connectivity index (χ1) is 18.8. The summed E-state index contributed by atoms with van der Waals surface area (Å²) in [6.45, 7) is 0. The van der Waals surface area contributed by atoms with Crippen molar-refractivity contribution in [1.82, 2.24) is 0 Å². The lowest BCUT2D eigenvalue weighted by atomic mass is 9.99. The molecule has 1 aliphatic rings. The first-order valence-corrected chi connectivity index (χ1v) is 12.0. The van der Waals surface area contributed by atoms with E-state index in [4.69, 9.17) is 16.3 Å². The number of nitro groups is 1. The minimum atomic E-state index is -1.26. The number of rotatable bonds is 7. The Morgan fingerprint density at radius 1 is 0.795 bits per heavy atom. The fraction of sp³-hybridized carbons (Fsp3) is 0.0345. The van der Waals surface area contributed by atoms with Crippen molar-refractivity contribution in [2.45, 2.75) is 6.10 Å². The van der Waals surface area contributed by atoms with Gasteiger partial charge in [0.2, 0.25) is 5.78 Å². The highest BCUT2D eigenvalue weighted by atomic mass is 35.5. The molecule has 4 aromatic rings. The molecule has 192 valence electrons. The number of imide groups is 1. The Hall–Kier alpha value is -5.15. The quantitative estimate of drug-likeness (QED) is 0.0949. The third-order valence-corrected chi connectivity index (χ3v) is 6.40. The highest BCUT2D eigenvalue weighted by Gasteiger charge is 2.41. The Bertz CT molecular complexity index is 1640. The minimum Gasteiger partial charge on any atom is -0.445 e. The first kappa shape index (κ1) is 25.5. The number of hydrogen-bond acceptors (Lipinski definition) is 7. The second-order valence-corrected chi connectivity index (χ2v) is 8.95. The largest absolute Gasteiger partial charge is 0.445 e. The lowest BCUT2D eigenvalue weighted by Gasteiger charge is -2.18. The summed E-state index contributed by atoms with van der Waals surface area (Å²) in [4.78, 5) is 63.6. The number of hydrogen-bond donors (Lipinski definition) is 0. The number of carbonyl (C=O) groups is 4. The Morgan fingerprint density at radius 2 is 1.46 bits per heavy atom. The molecule has 0 saturated heterocycles. The van der Waals surface area contributed by atoms with Gasteiger partial charge in [0.25, 0.3) is 17.5 Å². The predicted molar refractivity (Wildman–Crippen MR) is 141 cm³/mol. The number of nitrogens with zero attached hydrogens (tertiary/aromatic N) is 2. The van der Waals surface area contributed by atoms with E-state index in [9.17, 15) is 29.3 Å². The molecule has 2 amide bonds. The molecule has 0 aromatic heterocycles. The van der Waals surface area contributed by atoms with Crippen molar-refractivity contribution in [3.05, 3.63) is 140 Å². The summed E-state index contributed by atoms with van der Waals surface area (Å²) < 4.78 is 5.63. The standard InChI is InChI=1S/C29H17ClN2O7/c30-20-13-9-18(10-14-20)26(25(33)17-5-2-1-3-6-17)39-29(36)19-11-15-21(16-12-19)31-27(34)22-7-4-8-23(32(37)38)24(22)28(31)35/h1-16,26H/t26-/m0/s1. The fourth-order valence-electron chi connectivity index (χ4n) is 4.24. The Labute approximate surface area is 226 Å². The average Bonchev–Trinajstić information content (AvgIpc) is 3.21. The second kappa shape index (κ2) is 10.3. The molecular weight excluding hydrogens is 524 g/mol. The van der Waals surface area contributed by atoms with Gasteiger partial charge in [-0.05, 0) is 42.5 Å². The van der Waals surface area contributed by atoms with Gasteiger partial charge in [-0.25, -0.2) is 9.69 Å². The molecule has 5 rings (SSSR count). The van der Waals surface area contributed by atoms with E-state index in [0.29, 0.717) is 16.1 Å². The maximum absolute atomic E-state index is 13.2. The molecule has 9 nitrogen and oxygen atoms in total. The molecule has 0 aliphatic carbocycles. The van der Waals surface area contributed by atoms with Gasteiger partial charge in [0.05, 0.1) is 21.7 Å². The van der Waals surface area contributed by atoms with Gasteiger partial charge in [-0.2, -0.15) is 0 Å². The summed E-state index contributed by atoms with van der Waals surface area (Å²) in [7, 11) is 0. The van der Waals surface area contributed by atoms with Crippen LogP contribution in [0.5, 0.6) is 0 Å². The highest BCUT2D eigenvalue weighted by Crippen LogP contribution is 2.34. The molecule has 0 saturated carbocycles. The van der Waals surface area contributed by atoms with Crippen molar-refractivity contribution in [2.24, 2.45) is 0 Å². The molecule has 39 heavy (non-hydrogen) atoms. The van der Waals surface area contributed by atoms with Crippen molar-refractivity contribution in [3.8, 4) is 0 Å². The van der Waals surface area contributed by atoms with Crippen LogP contribution in [0.1, 0.15) is 53.1 Å². The van der Waals surface area contributed by atoms with Gasteiger partial charge in [0.1, 0.15) is 5.56 Å². The van der Waals surface area contributed by atoms with E-state index >= 15 is 0 Å². The zero-order valence-electron chi connectivity index (χ0n) is 19.9. The molecule has 1 atom stereocenters. The molecule has 0 radical (unpaired) electrons.